The van der Waals surface area contributed by atoms with Crippen molar-refractivity contribution in [3.05, 3.63) is 42.3 Å². The zero-order valence-electron chi connectivity index (χ0n) is 11.4. The van der Waals surface area contributed by atoms with Gasteiger partial charge in [0.25, 0.3) is 0 Å². The summed E-state index contributed by atoms with van der Waals surface area (Å²) in [6.45, 7) is 1.67. The summed E-state index contributed by atoms with van der Waals surface area (Å²) in [6.07, 6.45) is 1.38. The summed E-state index contributed by atoms with van der Waals surface area (Å²) in [4.78, 5) is 24.7. The maximum Gasteiger partial charge on any atom is 0.234 e. The molecular formula is C14H19N2O2S. The molecule has 1 atom stereocenters. The molecule has 0 bridgehead atoms. The van der Waals surface area contributed by atoms with Crippen LogP contribution in [0.1, 0.15) is 12.5 Å². The summed E-state index contributed by atoms with van der Waals surface area (Å²) < 4.78 is -1.00. The second-order valence-electron chi connectivity index (χ2n) is 4.62. The topological polar surface area (TPSA) is 63.4 Å². The van der Waals surface area contributed by atoms with Gasteiger partial charge in [-0.05, 0) is 12.5 Å². The van der Waals surface area contributed by atoms with Gasteiger partial charge in [-0.2, -0.15) is 0 Å². The van der Waals surface area contributed by atoms with E-state index in [1.807, 2.05) is 30.3 Å². The number of thioether (sulfide) groups is 1. The monoisotopic (exact) mass is 279 g/mol. The van der Waals surface area contributed by atoms with Crippen molar-refractivity contribution in [2.45, 2.75) is 17.4 Å². The highest BCUT2D eigenvalue weighted by atomic mass is 32.2. The van der Waals surface area contributed by atoms with Gasteiger partial charge < -0.3 is 10.6 Å². The van der Waals surface area contributed by atoms with E-state index >= 15 is 0 Å². The van der Waals surface area contributed by atoms with Gasteiger partial charge in [0, 0.05) is 19.8 Å². The predicted molar refractivity (Wildman–Crippen MR) is 78.3 cm³/mol. The Hall–Kier alpha value is -1.49. The lowest BCUT2D eigenvalue weighted by molar-refractivity contribution is -0.127. The van der Waals surface area contributed by atoms with E-state index in [0.717, 1.165) is 5.56 Å². The minimum Gasteiger partial charge on any atom is -0.368 e. The molecule has 0 saturated carbocycles. The van der Waals surface area contributed by atoms with E-state index in [0.29, 0.717) is 5.75 Å². The van der Waals surface area contributed by atoms with Crippen LogP contribution in [0, 0.1) is 6.42 Å². The molecule has 0 aliphatic carbocycles. The highest BCUT2D eigenvalue weighted by molar-refractivity contribution is 8.00. The summed E-state index contributed by atoms with van der Waals surface area (Å²) in [6, 6.07) is 9.76. The fourth-order valence-corrected chi connectivity index (χ4v) is 2.34. The van der Waals surface area contributed by atoms with Gasteiger partial charge in [-0.15, -0.1) is 11.8 Å². The van der Waals surface area contributed by atoms with Crippen LogP contribution < -0.4 is 5.73 Å². The zero-order chi connectivity index (χ0) is 14.5. The minimum atomic E-state index is -1.00. The molecule has 0 heterocycles. The average Bonchev–Trinajstić information content (AvgIpc) is 2.37. The zero-order valence-corrected chi connectivity index (χ0v) is 12.2. The van der Waals surface area contributed by atoms with Gasteiger partial charge in [-0.3, -0.25) is 9.59 Å². The van der Waals surface area contributed by atoms with Gasteiger partial charge in [0.15, 0.2) is 0 Å². The van der Waals surface area contributed by atoms with E-state index in [1.54, 1.807) is 21.0 Å². The van der Waals surface area contributed by atoms with Crippen molar-refractivity contribution in [2.24, 2.45) is 5.73 Å². The van der Waals surface area contributed by atoms with Crippen molar-refractivity contribution < 1.29 is 9.59 Å². The first-order chi connectivity index (χ1) is 8.85. The molecule has 5 heteroatoms. The van der Waals surface area contributed by atoms with E-state index in [-0.39, 0.29) is 5.91 Å². The summed E-state index contributed by atoms with van der Waals surface area (Å²) in [5.74, 6) is -0.109. The average molecular weight is 279 g/mol. The smallest absolute Gasteiger partial charge is 0.234 e. The van der Waals surface area contributed by atoms with Crippen LogP contribution >= 0.6 is 11.8 Å². The molecule has 1 unspecified atom stereocenters. The van der Waals surface area contributed by atoms with Crippen LogP contribution in [-0.4, -0.2) is 35.6 Å². The third-order valence-corrected chi connectivity index (χ3v) is 4.11. The van der Waals surface area contributed by atoms with E-state index in [4.69, 9.17) is 5.73 Å². The molecule has 0 saturated heterocycles. The lowest BCUT2D eigenvalue weighted by Gasteiger charge is -2.25. The van der Waals surface area contributed by atoms with Crippen LogP contribution in [0.5, 0.6) is 0 Å². The number of carbonyl (C=O) groups excluding carboxylic acids is 2. The molecule has 0 aromatic heterocycles. The highest BCUT2D eigenvalue weighted by Crippen LogP contribution is 2.31. The molecule has 19 heavy (non-hydrogen) atoms. The number of primary amides is 1. The van der Waals surface area contributed by atoms with Crippen molar-refractivity contribution in [1.29, 1.82) is 0 Å². The standard InChI is InChI=1S/C14H19N2O2S/c1-14(13(15)18,9-12(17)16(2)3)19-10-11-7-5-4-6-8-11/h4-9H,10H2,1-3H3,(H2,15,18). The molecule has 1 rings (SSSR count). The highest BCUT2D eigenvalue weighted by Gasteiger charge is 2.35. The first kappa shape index (κ1) is 15.6. The first-order valence-corrected chi connectivity index (χ1v) is 6.88. The van der Waals surface area contributed by atoms with Gasteiger partial charge in [0.05, 0.1) is 6.42 Å². The van der Waals surface area contributed by atoms with Gasteiger partial charge in [-0.25, -0.2) is 0 Å². The fraction of sp³-hybridized carbons (Fsp3) is 0.357. The SMILES string of the molecule is CN(C)C(=O)[CH]C(C)(SCc1ccccc1)C(N)=O. The maximum absolute atomic E-state index is 11.7. The lowest BCUT2D eigenvalue weighted by Crippen LogP contribution is -2.43. The Labute approximate surface area is 118 Å². The molecule has 1 radical (unpaired) electrons. The Kier molecular flexibility index (Phi) is 5.42. The number of benzene rings is 1. The molecule has 0 aliphatic heterocycles. The number of rotatable bonds is 6. The Balaban J connectivity index is 2.72. The van der Waals surface area contributed by atoms with Crippen LogP contribution in [0.25, 0.3) is 0 Å². The molecule has 0 fully saturated rings. The number of nitrogens with two attached hydrogens (primary N) is 1. The van der Waals surface area contributed by atoms with Crippen molar-refractivity contribution in [3.8, 4) is 0 Å². The molecular weight excluding hydrogens is 260 g/mol. The maximum atomic E-state index is 11.7. The van der Waals surface area contributed by atoms with Crippen LogP contribution in [0.3, 0.4) is 0 Å². The molecule has 103 valence electrons. The van der Waals surface area contributed by atoms with Gasteiger partial charge in [-0.1, -0.05) is 30.3 Å². The van der Waals surface area contributed by atoms with Crippen LogP contribution in [-0.2, 0) is 15.3 Å². The molecule has 0 aliphatic rings. The molecule has 1 aromatic carbocycles. The van der Waals surface area contributed by atoms with E-state index in [2.05, 4.69) is 0 Å². The first-order valence-electron chi connectivity index (χ1n) is 5.90. The van der Waals surface area contributed by atoms with Gasteiger partial charge in [0.1, 0.15) is 4.75 Å². The molecule has 1 aromatic rings. The van der Waals surface area contributed by atoms with Gasteiger partial charge in [0.2, 0.25) is 11.8 Å². The normalized spacial score (nSPS) is 13.6. The number of carbonyl (C=O) groups is 2. The molecule has 0 spiro atoms. The van der Waals surface area contributed by atoms with Crippen molar-refractivity contribution in [3.63, 3.8) is 0 Å². The lowest BCUT2D eigenvalue weighted by atomic mass is 10.1. The quantitative estimate of drug-likeness (QED) is 0.857. The van der Waals surface area contributed by atoms with Crippen LogP contribution in [0.2, 0.25) is 0 Å². The number of hydrogen-bond donors (Lipinski definition) is 1. The second-order valence-corrected chi connectivity index (χ2v) is 6.05. The molecule has 4 nitrogen and oxygen atoms in total. The Morgan fingerprint density at radius 2 is 1.89 bits per heavy atom. The van der Waals surface area contributed by atoms with E-state index < -0.39 is 10.7 Å². The third kappa shape index (κ3) is 4.59. The Morgan fingerprint density at radius 1 is 1.32 bits per heavy atom. The fourth-order valence-electron chi connectivity index (χ4n) is 1.36. The Bertz CT molecular complexity index is 448. The largest absolute Gasteiger partial charge is 0.368 e. The molecule has 2 N–H and O–H groups in total. The van der Waals surface area contributed by atoms with E-state index in [9.17, 15) is 9.59 Å². The number of nitrogens with zero attached hydrogens (tertiary/aromatic N) is 1. The number of amides is 2. The van der Waals surface area contributed by atoms with Crippen LogP contribution in [0.4, 0.5) is 0 Å². The summed E-state index contributed by atoms with van der Waals surface area (Å²) in [7, 11) is 3.28. The molecule has 2 amide bonds. The number of hydrogen-bond acceptors (Lipinski definition) is 3. The minimum absolute atomic E-state index is 0.220. The van der Waals surface area contributed by atoms with Crippen molar-refractivity contribution in [2.75, 3.05) is 14.1 Å². The summed E-state index contributed by atoms with van der Waals surface area (Å²) in [5, 5.41) is 0. The second kappa shape index (κ2) is 6.61. The van der Waals surface area contributed by atoms with Crippen LogP contribution in [0.15, 0.2) is 30.3 Å². The predicted octanol–water partition coefficient (Wildman–Crippen LogP) is 1.46. The van der Waals surface area contributed by atoms with Gasteiger partial charge >= 0.3 is 0 Å². The Morgan fingerprint density at radius 3 is 2.37 bits per heavy atom. The summed E-state index contributed by atoms with van der Waals surface area (Å²) >= 11 is 1.35. The third-order valence-electron chi connectivity index (χ3n) is 2.71. The van der Waals surface area contributed by atoms with Crippen molar-refractivity contribution in [1.82, 2.24) is 4.90 Å². The van der Waals surface area contributed by atoms with E-state index in [1.165, 1.54) is 23.1 Å². The van der Waals surface area contributed by atoms with Crippen molar-refractivity contribution >= 4 is 23.6 Å². The summed E-state index contributed by atoms with van der Waals surface area (Å²) in [5.41, 5.74) is 6.51.